The molecule has 0 saturated heterocycles. The van der Waals surface area contributed by atoms with Crippen molar-refractivity contribution in [2.24, 2.45) is 0 Å². The third-order valence-electron chi connectivity index (χ3n) is 10.2. The molecule has 0 unspecified atom stereocenters. The highest BCUT2D eigenvalue weighted by atomic mass is 14.2. The van der Waals surface area contributed by atoms with Gasteiger partial charge in [0.15, 0.2) is 0 Å². The average Bonchev–Trinajstić information content (AvgIpc) is 3.49. The van der Waals surface area contributed by atoms with Gasteiger partial charge in [-0.3, -0.25) is 0 Å². The van der Waals surface area contributed by atoms with Gasteiger partial charge in [-0.15, -0.1) is 0 Å². The van der Waals surface area contributed by atoms with Gasteiger partial charge < -0.3 is 0 Å². The van der Waals surface area contributed by atoms with Gasteiger partial charge in [-0.1, -0.05) is 164 Å². The number of hydrogen-bond acceptors (Lipinski definition) is 0. The zero-order valence-corrected chi connectivity index (χ0v) is 26.3. The summed E-state index contributed by atoms with van der Waals surface area (Å²) < 4.78 is 0. The molecule has 1 aliphatic rings. The molecule has 0 saturated carbocycles. The maximum absolute atomic E-state index is 2.31. The molecule has 0 heterocycles. The summed E-state index contributed by atoms with van der Waals surface area (Å²) in [5.41, 5.74) is 15.3. The maximum Gasteiger partial charge on any atom is -0.00201 e. The van der Waals surface area contributed by atoms with Crippen LogP contribution in [0.15, 0.2) is 182 Å². The van der Waals surface area contributed by atoms with Crippen LogP contribution in [-0.2, 0) is 0 Å². The Bertz CT molecular complexity index is 2660. The highest BCUT2D eigenvalue weighted by Crippen LogP contribution is 2.49. The predicted octanol–water partition coefficient (Wildman–Crippen LogP) is 13.5. The van der Waals surface area contributed by atoms with Crippen LogP contribution in [-0.4, -0.2) is 0 Å². The van der Waals surface area contributed by atoms with Crippen LogP contribution in [0.4, 0.5) is 0 Å². The van der Waals surface area contributed by atoms with Gasteiger partial charge in [-0.05, 0) is 117 Å². The Morgan fingerprint density at radius 3 is 1.19 bits per heavy atom. The van der Waals surface area contributed by atoms with E-state index in [0.29, 0.717) is 0 Å². The van der Waals surface area contributed by atoms with Crippen molar-refractivity contribution in [3.63, 3.8) is 0 Å². The van der Waals surface area contributed by atoms with Gasteiger partial charge in [0.2, 0.25) is 0 Å². The van der Waals surface area contributed by atoms with Crippen molar-refractivity contribution in [3.05, 3.63) is 182 Å². The first-order valence-electron chi connectivity index (χ1n) is 16.7. The monoisotopic (exact) mass is 606 g/mol. The van der Waals surface area contributed by atoms with E-state index in [0.717, 1.165) is 0 Å². The van der Waals surface area contributed by atoms with Crippen molar-refractivity contribution < 1.29 is 0 Å². The fourth-order valence-electron chi connectivity index (χ4n) is 7.73. The van der Waals surface area contributed by atoms with Crippen LogP contribution in [0.3, 0.4) is 0 Å². The molecule has 0 bridgehead atoms. The van der Waals surface area contributed by atoms with Crippen LogP contribution in [0.1, 0.15) is 0 Å². The van der Waals surface area contributed by atoms with Crippen molar-refractivity contribution in [2.45, 2.75) is 0 Å². The van der Waals surface area contributed by atoms with Gasteiger partial charge >= 0.3 is 0 Å². The van der Waals surface area contributed by atoms with Crippen molar-refractivity contribution in [3.8, 4) is 66.8 Å². The molecule has 0 heteroatoms. The molecule has 0 aliphatic heterocycles. The topological polar surface area (TPSA) is 0 Å². The molecule has 222 valence electrons. The summed E-state index contributed by atoms with van der Waals surface area (Å²) in [6.45, 7) is 0. The van der Waals surface area contributed by atoms with Gasteiger partial charge in [0, 0.05) is 0 Å². The first kappa shape index (κ1) is 26.9. The van der Waals surface area contributed by atoms with E-state index in [1.807, 2.05) is 0 Å². The number of fused-ring (bicyclic) bond motifs is 5. The quantitative estimate of drug-likeness (QED) is 0.187. The zero-order valence-electron chi connectivity index (χ0n) is 26.3. The van der Waals surface area contributed by atoms with E-state index >= 15 is 0 Å². The van der Waals surface area contributed by atoms with Gasteiger partial charge in [0.05, 0.1) is 0 Å². The second-order valence-electron chi connectivity index (χ2n) is 12.9. The minimum Gasteiger partial charge on any atom is -0.0616 e. The third kappa shape index (κ3) is 4.31. The molecule has 0 aromatic heterocycles. The Hall–Kier alpha value is -6.24. The van der Waals surface area contributed by atoms with Gasteiger partial charge in [0.1, 0.15) is 0 Å². The normalized spacial score (nSPS) is 11.8. The lowest BCUT2D eigenvalue weighted by Gasteiger charge is -2.11. The Kier molecular flexibility index (Phi) is 5.98. The highest BCUT2D eigenvalue weighted by Gasteiger charge is 2.22. The van der Waals surface area contributed by atoms with Crippen LogP contribution in [0.2, 0.25) is 0 Å². The molecule has 0 N–H and O–H groups in total. The first-order valence-corrected chi connectivity index (χ1v) is 16.7. The highest BCUT2D eigenvalue weighted by molar-refractivity contribution is 6.18. The Labute approximate surface area is 280 Å². The molecular formula is C48H30. The Balaban J connectivity index is 0.928. The molecule has 0 atom stereocenters. The smallest absolute Gasteiger partial charge is 0.00201 e. The van der Waals surface area contributed by atoms with E-state index in [2.05, 4.69) is 182 Å². The van der Waals surface area contributed by atoms with E-state index in [9.17, 15) is 0 Å². The summed E-state index contributed by atoms with van der Waals surface area (Å²) >= 11 is 0. The lowest BCUT2D eigenvalue weighted by atomic mass is 9.93. The molecule has 1 aliphatic carbocycles. The molecule has 0 fully saturated rings. The SMILES string of the molecule is c1ccc2c(c1)-c1cccc3c(-c4ccc(-c5ccc6cc(-c7ccc(-c8ccc9ccccc9c8)cc7)ccc6c5)cc4)ccc-2c13. The predicted molar refractivity (Wildman–Crippen MR) is 205 cm³/mol. The van der Waals surface area contributed by atoms with Crippen molar-refractivity contribution in [1.82, 2.24) is 0 Å². The number of hydrogen-bond donors (Lipinski definition) is 0. The first-order chi connectivity index (χ1) is 23.8. The third-order valence-corrected chi connectivity index (χ3v) is 10.2. The second-order valence-corrected chi connectivity index (χ2v) is 12.9. The van der Waals surface area contributed by atoms with Gasteiger partial charge in [-0.25, -0.2) is 0 Å². The van der Waals surface area contributed by atoms with E-state index in [1.165, 1.54) is 99.1 Å². The van der Waals surface area contributed by atoms with E-state index in [-0.39, 0.29) is 0 Å². The zero-order chi connectivity index (χ0) is 31.6. The Morgan fingerprint density at radius 1 is 0.208 bits per heavy atom. The molecule has 0 nitrogen and oxygen atoms in total. The summed E-state index contributed by atoms with van der Waals surface area (Å²) in [5, 5.41) is 7.73. The molecule has 9 aromatic rings. The molecule has 0 amide bonds. The van der Waals surface area contributed by atoms with E-state index in [1.54, 1.807) is 0 Å². The van der Waals surface area contributed by atoms with E-state index in [4.69, 9.17) is 0 Å². The standard InChI is InChI=1S/C48H30/c1-2-7-36-28-37(21-18-31(36)6-1)32-12-14-33(15-13-32)38-22-24-41-30-39(23-25-40(41)29-38)34-16-19-35(20-17-34)42-26-27-47-44-9-4-3-8-43(44)46-11-5-10-45(42)48(46)47/h1-30H. The van der Waals surface area contributed by atoms with Gasteiger partial charge in [-0.2, -0.15) is 0 Å². The largest absolute Gasteiger partial charge is 0.0616 e. The van der Waals surface area contributed by atoms with Gasteiger partial charge in [0.25, 0.3) is 0 Å². The van der Waals surface area contributed by atoms with Crippen LogP contribution in [0, 0.1) is 0 Å². The van der Waals surface area contributed by atoms with Crippen molar-refractivity contribution in [2.75, 3.05) is 0 Å². The minimum absolute atomic E-state index is 1.23. The van der Waals surface area contributed by atoms with Crippen LogP contribution in [0.25, 0.3) is 99.1 Å². The maximum atomic E-state index is 2.31. The average molecular weight is 607 g/mol. The fraction of sp³-hybridized carbons (Fsp3) is 0. The van der Waals surface area contributed by atoms with Crippen LogP contribution in [0.5, 0.6) is 0 Å². The van der Waals surface area contributed by atoms with Crippen LogP contribution >= 0.6 is 0 Å². The molecule has 9 aromatic carbocycles. The summed E-state index contributed by atoms with van der Waals surface area (Å²) in [6, 6.07) is 67.0. The summed E-state index contributed by atoms with van der Waals surface area (Å²) in [5.74, 6) is 0. The lowest BCUT2D eigenvalue weighted by Crippen LogP contribution is -1.85. The molecule has 48 heavy (non-hydrogen) atoms. The van der Waals surface area contributed by atoms with Crippen molar-refractivity contribution in [1.29, 1.82) is 0 Å². The number of benzene rings is 9. The molecule has 0 radical (unpaired) electrons. The summed E-state index contributed by atoms with van der Waals surface area (Å²) in [4.78, 5) is 0. The Morgan fingerprint density at radius 2 is 0.604 bits per heavy atom. The summed E-state index contributed by atoms with van der Waals surface area (Å²) in [6.07, 6.45) is 0. The summed E-state index contributed by atoms with van der Waals surface area (Å²) in [7, 11) is 0. The van der Waals surface area contributed by atoms with E-state index < -0.39 is 0 Å². The molecular weight excluding hydrogens is 577 g/mol. The minimum atomic E-state index is 1.23. The molecule has 10 rings (SSSR count). The van der Waals surface area contributed by atoms with Crippen LogP contribution < -0.4 is 0 Å². The second kappa shape index (κ2) is 10.7. The number of rotatable bonds is 4. The fourth-order valence-corrected chi connectivity index (χ4v) is 7.73. The lowest BCUT2D eigenvalue weighted by molar-refractivity contribution is 1.60. The molecule has 0 spiro atoms. The van der Waals surface area contributed by atoms with Crippen molar-refractivity contribution >= 4 is 32.3 Å².